The van der Waals surface area contributed by atoms with Crippen LogP contribution in [0.15, 0.2) is 18.2 Å². The molecule has 0 atom stereocenters. The summed E-state index contributed by atoms with van der Waals surface area (Å²) < 4.78 is 14.6. The molecule has 6 nitrogen and oxygen atoms in total. The van der Waals surface area contributed by atoms with E-state index in [4.69, 9.17) is 0 Å². The van der Waals surface area contributed by atoms with Gasteiger partial charge in [-0.25, -0.2) is 9.18 Å². The lowest BCUT2D eigenvalue weighted by atomic mass is 10.0. The van der Waals surface area contributed by atoms with E-state index in [9.17, 15) is 19.4 Å². The third-order valence-electron chi connectivity index (χ3n) is 4.52. The Bertz CT molecular complexity index is 802. The zero-order valence-corrected chi connectivity index (χ0v) is 13.6. The number of benzene rings is 2. The number of nitrogens with one attached hydrogen (secondary N) is 1. The van der Waals surface area contributed by atoms with Gasteiger partial charge in [0.2, 0.25) is 0 Å². The van der Waals surface area contributed by atoms with Crippen LogP contribution in [0.3, 0.4) is 0 Å². The molecule has 128 valence electrons. The second kappa shape index (κ2) is 6.16. The number of piperazine rings is 1. The summed E-state index contributed by atoms with van der Waals surface area (Å²) >= 11 is 0. The van der Waals surface area contributed by atoms with Gasteiger partial charge in [-0.3, -0.25) is 0 Å². The second-order valence-corrected chi connectivity index (χ2v) is 6.01. The number of halogens is 1. The van der Waals surface area contributed by atoms with Crippen LogP contribution in [0.4, 0.5) is 15.8 Å². The molecule has 0 aliphatic carbocycles. The first-order valence-electron chi connectivity index (χ1n) is 7.76. The van der Waals surface area contributed by atoms with Crippen LogP contribution in [0.1, 0.15) is 10.4 Å². The number of rotatable bonds is 3. The number of nitrogens with zero attached hydrogens (tertiary/aromatic N) is 2. The highest BCUT2D eigenvalue weighted by Crippen LogP contribution is 2.38. The van der Waals surface area contributed by atoms with Gasteiger partial charge in [0.25, 0.3) is 0 Å². The average Bonchev–Trinajstić information content (AvgIpc) is 2.56. The van der Waals surface area contributed by atoms with Gasteiger partial charge in [0, 0.05) is 49.7 Å². The highest BCUT2D eigenvalue weighted by atomic mass is 19.1. The number of carboxylic acids is 1. The molecule has 24 heavy (non-hydrogen) atoms. The lowest BCUT2D eigenvalue weighted by molar-refractivity contribution is 0.0694. The number of carbonyl (C=O) groups is 1. The number of aromatic carboxylic acids is 1. The number of hydrogen-bond donors (Lipinski definition) is 3. The molecule has 1 aliphatic rings. The molecule has 0 aromatic heterocycles. The third-order valence-corrected chi connectivity index (χ3v) is 4.52. The van der Waals surface area contributed by atoms with Crippen molar-refractivity contribution in [1.29, 1.82) is 0 Å². The molecule has 0 radical (unpaired) electrons. The van der Waals surface area contributed by atoms with Gasteiger partial charge in [-0.05, 0) is 25.2 Å². The number of hydrogen-bond acceptors (Lipinski definition) is 5. The van der Waals surface area contributed by atoms with Crippen LogP contribution in [-0.2, 0) is 0 Å². The Morgan fingerprint density at radius 2 is 1.83 bits per heavy atom. The van der Waals surface area contributed by atoms with E-state index in [1.54, 1.807) is 13.1 Å². The largest absolute Gasteiger partial charge is 0.506 e. The number of fused-ring (bicyclic) bond motifs is 1. The molecular formula is C17H20FN3O3. The zero-order valence-electron chi connectivity index (χ0n) is 13.6. The molecule has 1 saturated heterocycles. The number of aromatic hydroxyl groups is 1. The smallest absolute Gasteiger partial charge is 0.339 e. The van der Waals surface area contributed by atoms with Crippen molar-refractivity contribution in [2.24, 2.45) is 0 Å². The molecule has 3 rings (SSSR count). The first kappa shape index (κ1) is 16.3. The predicted octanol–water partition coefficient (Wildman–Crippen LogP) is 2.18. The van der Waals surface area contributed by atoms with Crippen molar-refractivity contribution in [3.05, 3.63) is 29.6 Å². The summed E-state index contributed by atoms with van der Waals surface area (Å²) in [6.07, 6.45) is 0. The summed E-state index contributed by atoms with van der Waals surface area (Å²) in [4.78, 5) is 15.4. The van der Waals surface area contributed by atoms with Gasteiger partial charge in [0.1, 0.15) is 17.1 Å². The predicted molar refractivity (Wildman–Crippen MR) is 91.8 cm³/mol. The van der Waals surface area contributed by atoms with Crippen molar-refractivity contribution in [2.75, 3.05) is 50.5 Å². The van der Waals surface area contributed by atoms with E-state index < -0.39 is 17.5 Å². The van der Waals surface area contributed by atoms with E-state index in [0.29, 0.717) is 29.9 Å². The van der Waals surface area contributed by atoms with Gasteiger partial charge in [0.15, 0.2) is 0 Å². The highest BCUT2D eigenvalue weighted by Gasteiger charge is 2.22. The maximum Gasteiger partial charge on any atom is 0.339 e. The summed E-state index contributed by atoms with van der Waals surface area (Å²) in [5.74, 6) is -2.14. The summed E-state index contributed by atoms with van der Waals surface area (Å²) in [7, 11) is 3.69. The summed E-state index contributed by atoms with van der Waals surface area (Å²) in [6.45, 7) is 3.12. The molecule has 2 aromatic rings. The standard InChI is InChI=1S/C17H20FN3O3/c1-19-14-8-12(17(23)24)16(22)11-7-13(18)15(9-10(11)14)21-5-3-20(2)4-6-21/h7-9,19,22H,3-6H2,1-2H3,(H,23,24). The van der Waals surface area contributed by atoms with E-state index in [2.05, 4.69) is 10.2 Å². The molecule has 0 saturated carbocycles. The van der Waals surface area contributed by atoms with Crippen LogP contribution >= 0.6 is 0 Å². The Morgan fingerprint density at radius 1 is 1.17 bits per heavy atom. The van der Waals surface area contributed by atoms with Crippen LogP contribution in [-0.4, -0.2) is 61.4 Å². The molecule has 0 bridgehead atoms. The summed E-state index contributed by atoms with van der Waals surface area (Å²) in [5, 5.41) is 23.1. The Morgan fingerprint density at radius 3 is 2.42 bits per heavy atom. The molecular weight excluding hydrogens is 313 g/mol. The first-order valence-corrected chi connectivity index (χ1v) is 7.76. The first-order chi connectivity index (χ1) is 11.4. The van der Waals surface area contributed by atoms with E-state index >= 15 is 0 Å². The Labute approximate surface area is 139 Å². The van der Waals surface area contributed by atoms with Crippen molar-refractivity contribution in [1.82, 2.24) is 4.90 Å². The minimum atomic E-state index is -1.26. The van der Waals surface area contributed by atoms with Crippen molar-refractivity contribution in [3.8, 4) is 5.75 Å². The number of anilines is 2. The average molecular weight is 333 g/mol. The van der Waals surface area contributed by atoms with E-state index in [0.717, 1.165) is 13.1 Å². The molecule has 0 unspecified atom stereocenters. The molecule has 1 fully saturated rings. The monoisotopic (exact) mass is 333 g/mol. The molecule has 0 amide bonds. The molecule has 2 aromatic carbocycles. The van der Waals surface area contributed by atoms with E-state index in [1.165, 1.54) is 12.1 Å². The normalized spacial score (nSPS) is 15.7. The lowest BCUT2D eigenvalue weighted by Gasteiger charge is -2.34. The van der Waals surface area contributed by atoms with Gasteiger partial charge in [-0.1, -0.05) is 0 Å². The Balaban J connectivity index is 2.16. The van der Waals surface area contributed by atoms with Gasteiger partial charge in [-0.15, -0.1) is 0 Å². The van der Waals surface area contributed by atoms with Crippen molar-refractivity contribution >= 4 is 28.1 Å². The maximum absolute atomic E-state index is 14.6. The fourth-order valence-electron chi connectivity index (χ4n) is 3.08. The van der Waals surface area contributed by atoms with Gasteiger partial charge < -0.3 is 25.3 Å². The number of phenols is 1. The fraction of sp³-hybridized carbons (Fsp3) is 0.353. The Kier molecular flexibility index (Phi) is 4.19. The molecule has 1 aliphatic heterocycles. The number of likely N-dealkylation sites (N-methyl/N-ethyl adjacent to an activating group) is 1. The van der Waals surface area contributed by atoms with Crippen LogP contribution in [0.5, 0.6) is 5.75 Å². The van der Waals surface area contributed by atoms with Crippen LogP contribution in [0.25, 0.3) is 10.8 Å². The summed E-state index contributed by atoms with van der Waals surface area (Å²) in [6, 6.07) is 4.25. The molecule has 1 heterocycles. The van der Waals surface area contributed by atoms with Crippen LogP contribution in [0.2, 0.25) is 0 Å². The minimum Gasteiger partial charge on any atom is -0.506 e. The molecule has 7 heteroatoms. The molecule has 3 N–H and O–H groups in total. The number of carboxylic acid groups (broad SMARTS) is 1. The highest BCUT2D eigenvalue weighted by molar-refractivity contribution is 6.07. The molecule has 0 spiro atoms. The minimum absolute atomic E-state index is 0.189. The van der Waals surface area contributed by atoms with Gasteiger partial charge in [-0.2, -0.15) is 0 Å². The van der Waals surface area contributed by atoms with Crippen molar-refractivity contribution < 1.29 is 19.4 Å². The SMILES string of the molecule is CNc1cc(C(=O)O)c(O)c2cc(F)c(N3CCN(C)CC3)cc12. The summed E-state index contributed by atoms with van der Waals surface area (Å²) in [5.41, 5.74) is 0.753. The topological polar surface area (TPSA) is 76.0 Å². The quantitative estimate of drug-likeness (QED) is 0.748. The van der Waals surface area contributed by atoms with E-state index in [-0.39, 0.29) is 10.9 Å². The zero-order chi connectivity index (χ0) is 17.4. The van der Waals surface area contributed by atoms with Gasteiger partial charge in [0.05, 0.1) is 5.69 Å². The third kappa shape index (κ3) is 2.71. The van der Waals surface area contributed by atoms with Crippen molar-refractivity contribution in [2.45, 2.75) is 0 Å². The van der Waals surface area contributed by atoms with Gasteiger partial charge >= 0.3 is 5.97 Å². The maximum atomic E-state index is 14.6. The second-order valence-electron chi connectivity index (χ2n) is 6.01. The van der Waals surface area contributed by atoms with Crippen LogP contribution in [0, 0.1) is 5.82 Å². The van der Waals surface area contributed by atoms with Crippen LogP contribution < -0.4 is 10.2 Å². The fourth-order valence-corrected chi connectivity index (χ4v) is 3.08. The Hall–Kier alpha value is -2.54. The van der Waals surface area contributed by atoms with Crippen molar-refractivity contribution in [3.63, 3.8) is 0 Å². The lowest BCUT2D eigenvalue weighted by Crippen LogP contribution is -2.44. The van der Waals surface area contributed by atoms with E-state index in [1.807, 2.05) is 11.9 Å².